The Morgan fingerprint density at radius 3 is 2.72 bits per heavy atom. The molecular formula is C14H17BrO3. The summed E-state index contributed by atoms with van der Waals surface area (Å²) < 4.78 is 12.1. The van der Waals surface area contributed by atoms with Crippen LogP contribution in [0.4, 0.5) is 0 Å². The zero-order chi connectivity index (χ0) is 13.0. The van der Waals surface area contributed by atoms with Gasteiger partial charge in [0.2, 0.25) is 0 Å². The molecule has 4 heteroatoms. The van der Waals surface area contributed by atoms with Gasteiger partial charge in [-0.2, -0.15) is 0 Å². The van der Waals surface area contributed by atoms with Crippen LogP contribution in [0.25, 0.3) is 0 Å². The van der Waals surface area contributed by atoms with Gasteiger partial charge in [0, 0.05) is 5.56 Å². The molecule has 0 unspecified atom stereocenters. The Bertz CT molecular complexity index is 427. The summed E-state index contributed by atoms with van der Waals surface area (Å²) in [7, 11) is 0. The number of aldehydes is 1. The molecule has 98 valence electrons. The van der Waals surface area contributed by atoms with Crippen molar-refractivity contribution in [3.8, 4) is 11.5 Å². The van der Waals surface area contributed by atoms with Gasteiger partial charge in [0.15, 0.2) is 11.5 Å². The molecule has 0 saturated heterocycles. The van der Waals surface area contributed by atoms with Gasteiger partial charge in [0.25, 0.3) is 0 Å². The normalized spacial score (nSPS) is 15.0. The highest BCUT2D eigenvalue weighted by molar-refractivity contribution is 9.10. The largest absolute Gasteiger partial charge is 0.490 e. The van der Waals surface area contributed by atoms with Crippen molar-refractivity contribution in [3.05, 3.63) is 22.2 Å². The van der Waals surface area contributed by atoms with E-state index in [1.165, 1.54) is 19.3 Å². The Balaban J connectivity index is 2.16. The minimum absolute atomic E-state index is 0.550. The third kappa shape index (κ3) is 3.05. The molecule has 1 fully saturated rings. The molecule has 0 aliphatic heterocycles. The first-order valence-electron chi connectivity index (χ1n) is 6.29. The maximum atomic E-state index is 10.8. The molecule has 1 aliphatic rings. The molecule has 1 saturated carbocycles. The number of carbonyl (C=O) groups is 1. The molecule has 0 amide bonds. The lowest BCUT2D eigenvalue weighted by Gasteiger charge is -2.26. The van der Waals surface area contributed by atoms with E-state index in [-0.39, 0.29) is 0 Å². The number of hydrogen-bond acceptors (Lipinski definition) is 3. The quantitative estimate of drug-likeness (QED) is 0.749. The van der Waals surface area contributed by atoms with E-state index in [0.29, 0.717) is 29.6 Å². The Hall–Kier alpha value is -1.03. The van der Waals surface area contributed by atoms with E-state index >= 15 is 0 Å². The lowest BCUT2D eigenvalue weighted by molar-refractivity contribution is 0.112. The number of halogens is 1. The minimum Gasteiger partial charge on any atom is -0.490 e. The van der Waals surface area contributed by atoms with Crippen LogP contribution in [0, 0.1) is 5.92 Å². The summed E-state index contributed by atoms with van der Waals surface area (Å²) in [5.41, 5.74) is 0.585. The smallest absolute Gasteiger partial charge is 0.175 e. The van der Waals surface area contributed by atoms with E-state index in [4.69, 9.17) is 9.47 Å². The number of carbonyl (C=O) groups excluding carboxylic acids is 1. The molecule has 0 radical (unpaired) electrons. The van der Waals surface area contributed by atoms with Crippen LogP contribution in [0.5, 0.6) is 11.5 Å². The Kier molecular flexibility index (Phi) is 4.64. The fourth-order valence-corrected chi connectivity index (χ4v) is 2.49. The second-order valence-corrected chi connectivity index (χ2v) is 5.34. The zero-order valence-corrected chi connectivity index (χ0v) is 12.0. The number of benzene rings is 1. The molecule has 0 N–H and O–H groups in total. The van der Waals surface area contributed by atoms with Crippen molar-refractivity contribution in [2.75, 3.05) is 13.2 Å². The lowest BCUT2D eigenvalue weighted by Crippen LogP contribution is -2.19. The molecule has 1 aliphatic carbocycles. The highest BCUT2D eigenvalue weighted by atomic mass is 79.9. The van der Waals surface area contributed by atoms with Gasteiger partial charge in [-0.15, -0.1) is 0 Å². The number of hydrogen-bond donors (Lipinski definition) is 0. The van der Waals surface area contributed by atoms with Gasteiger partial charge < -0.3 is 9.47 Å². The molecule has 1 aromatic carbocycles. The third-order valence-electron chi connectivity index (χ3n) is 3.16. The molecule has 0 spiro atoms. The second-order valence-electron chi connectivity index (χ2n) is 4.49. The van der Waals surface area contributed by atoms with Gasteiger partial charge in [-0.1, -0.05) is 6.42 Å². The summed E-state index contributed by atoms with van der Waals surface area (Å²) >= 11 is 3.43. The molecule has 0 heterocycles. The number of ether oxygens (including phenoxy) is 2. The van der Waals surface area contributed by atoms with Crippen molar-refractivity contribution in [3.63, 3.8) is 0 Å². The molecule has 0 atom stereocenters. The summed E-state index contributed by atoms with van der Waals surface area (Å²) in [5, 5.41) is 0. The van der Waals surface area contributed by atoms with Crippen LogP contribution in [0.1, 0.15) is 36.5 Å². The van der Waals surface area contributed by atoms with Crippen molar-refractivity contribution in [1.29, 1.82) is 0 Å². The van der Waals surface area contributed by atoms with Crippen LogP contribution in [0.2, 0.25) is 0 Å². The van der Waals surface area contributed by atoms with E-state index in [9.17, 15) is 4.79 Å². The summed E-state index contributed by atoms with van der Waals surface area (Å²) in [6.07, 6.45) is 4.60. The molecule has 1 aromatic rings. The van der Waals surface area contributed by atoms with Crippen molar-refractivity contribution in [2.45, 2.75) is 26.2 Å². The molecule has 18 heavy (non-hydrogen) atoms. The highest BCUT2D eigenvalue weighted by Gasteiger charge is 2.20. The van der Waals surface area contributed by atoms with Gasteiger partial charge in [0.05, 0.1) is 17.7 Å². The summed E-state index contributed by atoms with van der Waals surface area (Å²) in [6, 6.07) is 3.48. The van der Waals surface area contributed by atoms with Crippen LogP contribution < -0.4 is 9.47 Å². The maximum Gasteiger partial charge on any atom is 0.175 e. The van der Waals surface area contributed by atoms with Crippen LogP contribution in [-0.4, -0.2) is 19.5 Å². The minimum atomic E-state index is 0.550. The first-order chi connectivity index (χ1) is 8.74. The van der Waals surface area contributed by atoms with E-state index in [0.717, 1.165) is 17.4 Å². The number of rotatable bonds is 6. The molecule has 0 aromatic heterocycles. The van der Waals surface area contributed by atoms with Gasteiger partial charge in [-0.3, -0.25) is 4.79 Å². The molecule has 2 rings (SSSR count). The fourth-order valence-electron chi connectivity index (χ4n) is 1.92. The molecule has 0 bridgehead atoms. The predicted octanol–water partition coefficient (Wildman–Crippen LogP) is 3.84. The van der Waals surface area contributed by atoms with Crippen LogP contribution in [0.15, 0.2) is 16.6 Å². The van der Waals surface area contributed by atoms with E-state index < -0.39 is 0 Å². The SMILES string of the molecule is CCOc1cc(C=O)cc(Br)c1OCC1CCC1. The van der Waals surface area contributed by atoms with Gasteiger partial charge >= 0.3 is 0 Å². The standard InChI is InChI=1S/C14H17BrO3/c1-2-17-13-7-11(8-16)6-12(15)14(13)18-9-10-4-3-5-10/h6-8,10H,2-5,9H2,1H3. The fraction of sp³-hybridized carbons (Fsp3) is 0.500. The van der Waals surface area contributed by atoms with Gasteiger partial charge in [-0.25, -0.2) is 0 Å². The highest BCUT2D eigenvalue weighted by Crippen LogP contribution is 2.38. The Morgan fingerprint density at radius 1 is 1.39 bits per heavy atom. The molecular weight excluding hydrogens is 296 g/mol. The first-order valence-corrected chi connectivity index (χ1v) is 7.08. The van der Waals surface area contributed by atoms with Crippen molar-refractivity contribution in [2.24, 2.45) is 5.92 Å². The van der Waals surface area contributed by atoms with Gasteiger partial charge in [0.1, 0.15) is 6.29 Å². The third-order valence-corrected chi connectivity index (χ3v) is 3.74. The van der Waals surface area contributed by atoms with Crippen LogP contribution >= 0.6 is 15.9 Å². The zero-order valence-electron chi connectivity index (χ0n) is 10.4. The van der Waals surface area contributed by atoms with Crippen molar-refractivity contribution in [1.82, 2.24) is 0 Å². The Morgan fingerprint density at radius 2 is 2.17 bits per heavy atom. The summed E-state index contributed by atoms with van der Waals surface area (Å²) in [5.74, 6) is 2.00. The van der Waals surface area contributed by atoms with Crippen molar-refractivity contribution < 1.29 is 14.3 Å². The lowest BCUT2D eigenvalue weighted by atomic mass is 9.86. The van der Waals surface area contributed by atoms with E-state index in [1.807, 2.05) is 6.92 Å². The monoisotopic (exact) mass is 312 g/mol. The summed E-state index contributed by atoms with van der Waals surface area (Å²) in [4.78, 5) is 10.8. The first kappa shape index (κ1) is 13.4. The van der Waals surface area contributed by atoms with E-state index in [2.05, 4.69) is 15.9 Å². The topological polar surface area (TPSA) is 35.5 Å². The second kappa shape index (κ2) is 6.23. The predicted molar refractivity (Wildman–Crippen MR) is 73.5 cm³/mol. The Labute approximate surface area is 116 Å². The van der Waals surface area contributed by atoms with Crippen molar-refractivity contribution >= 4 is 22.2 Å². The van der Waals surface area contributed by atoms with Crippen LogP contribution in [0.3, 0.4) is 0 Å². The maximum absolute atomic E-state index is 10.8. The average molecular weight is 313 g/mol. The molecule has 3 nitrogen and oxygen atoms in total. The average Bonchev–Trinajstić information content (AvgIpc) is 2.30. The summed E-state index contributed by atoms with van der Waals surface area (Å²) in [6.45, 7) is 3.19. The van der Waals surface area contributed by atoms with Gasteiger partial charge in [-0.05, 0) is 53.7 Å². The van der Waals surface area contributed by atoms with E-state index in [1.54, 1.807) is 12.1 Å². The van der Waals surface area contributed by atoms with Crippen LogP contribution in [-0.2, 0) is 0 Å².